The quantitative estimate of drug-likeness (QED) is 0.311. The smallest absolute Gasteiger partial charge is 0.282 e. The van der Waals surface area contributed by atoms with Gasteiger partial charge in [-0.25, -0.2) is 0 Å². The minimum atomic E-state index is -5.47. The Morgan fingerprint density at radius 2 is 1.06 bits per heavy atom. The number of hydrogen-bond acceptors (Lipinski definition) is 6. The third-order valence-electron chi connectivity index (χ3n) is 4.99. The topological polar surface area (TPSA) is 163 Å². The first-order valence-electron chi connectivity index (χ1n) is 9.80. The molecule has 3 N–H and O–H groups in total. The fraction of sp³-hybridized carbons (Fsp3) is 0.474. The van der Waals surface area contributed by atoms with Crippen molar-refractivity contribution in [1.82, 2.24) is 0 Å². The van der Waals surface area contributed by atoms with Crippen molar-refractivity contribution in [3.63, 3.8) is 0 Å². The Morgan fingerprint density at radius 3 is 1.55 bits per heavy atom. The minimum absolute atomic E-state index is 0.0116. The molecule has 0 aliphatic rings. The molecule has 0 aromatic heterocycles. The predicted molar refractivity (Wildman–Crippen MR) is 115 cm³/mol. The van der Waals surface area contributed by atoms with Crippen molar-refractivity contribution in [3.8, 4) is 0 Å². The molecule has 0 aliphatic carbocycles. The Morgan fingerprint density at radius 1 is 0.613 bits per heavy atom. The van der Waals surface area contributed by atoms with Gasteiger partial charge in [-0.05, 0) is 23.8 Å². The molecule has 31 heavy (non-hydrogen) atoms. The molecular formula is C19H26O9S3. The van der Waals surface area contributed by atoms with Crippen LogP contribution in [0.5, 0.6) is 0 Å². The van der Waals surface area contributed by atoms with E-state index in [2.05, 4.69) is 6.92 Å². The summed E-state index contributed by atoms with van der Waals surface area (Å²) in [5.74, 6) is 0. The Balaban J connectivity index is 2.74. The molecule has 9 nitrogen and oxygen atoms in total. The van der Waals surface area contributed by atoms with Crippen molar-refractivity contribution in [2.75, 3.05) is 0 Å². The lowest BCUT2D eigenvalue weighted by Gasteiger charge is -2.18. The van der Waals surface area contributed by atoms with Gasteiger partial charge >= 0.3 is 0 Å². The highest BCUT2D eigenvalue weighted by Crippen LogP contribution is 2.39. The van der Waals surface area contributed by atoms with Gasteiger partial charge in [-0.3, -0.25) is 13.7 Å². The maximum absolute atomic E-state index is 12.2. The first kappa shape index (κ1) is 25.7. The van der Waals surface area contributed by atoms with Crippen molar-refractivity contribution in [2.24, 2.45) is 0 Å². The summed E-state index contributed by atoms with van der Waals surface area (Å²) in [5, 5.41) is -0.232. The van der Waals surface area contributed by atoms with Gasteiger partial charge in [-0.1, -0.05) is 69.7 Å². The molecule has 0 atom stereocenters. The van der Waals surface area contributed by atoms with Crippen LogP contribution < -0.4 is 0 Å². The van der Waals surface area contributed by atoms with Crippen molar-refractivity contribution >= 4 is 41.1 Å². The van der Waals surface area contributed by atoms with E-state index in [9.17, 15) is 38.9 Å². The standard InChI is InChI=1S/C19H26O9S3/c1-2-3-4-5-6-7-8-12-15-14-11-9-10-13-16(14)18(30(23,24)25)19(31(26,27)28)17(15)29(20,21)22/h9-11,13H,2-8,12H2,1H3,(H,20,21,22)(H,23,24,25)(H,26,27,28). The third-order valence-corrected chi connectivity index (χ3v) is 8.08. The Hall–Kier alpha value is -1.57. The molecular weight excluding hydrogens is 468 g/mol. The Labute approximate surface area is 182 Å². The molecule has 0 radical (unpaired) electrons. The maximum Gasteiger partial charge on any atom is 0.297 e. The molecule has 0 fully saturated rings. The highest BCUT2D eigenvalue weighted by Gasteiger charge is 2.37. The zero-order valence-electron chi connectivity index (χ0n) is 17.0. The molecule has 0 heterocycles. The number of fused-ring (bicyclic) bond motifs is 1. The van der Waals surface area contributed by atoms with E-state index in [4.69, 9.17) is 0 Å². The zero-order chi connectivity index (χ0) is 23.4. The van der Waals surface area contributed by atoms with Gasteiger partial charge in [0.1, 0.15) is 14.7 Å². The second kappa shape index (κ2) is 9.92. The molecule has 12 heteroatoms. The molecule has 0 saturated heterocycles. The van der Waals surface area contributed by atoms with Gasteiger partial charge < -0.3 is 0 Å². The molecule has 2 rings (SSSR count). The van der Waals surface area contributed by atoms with Gasteiger partial charge in [-0.2, -0.15) is 25.3 Å². The van der Waals surface area contributed by atoms with Crippen molar-refractivity contribution in [2.45, 2.75) is 73.0 Å². The molecule has 174 valence electrons. The Bertz CT molecular complexity index is 1260. The van der Waals surface area contributed by atoms with Gasteiger partial charge in [0, 0.05) is 5.39 Å². The molecule has 0 aliphatic heterocycles. The summed E-state index contributed by atoms with van der Waals surface area (Å²) in [5.41, 5.74) is -0.133. The van der Waals surface area contributed by atoms with Crippen LogP contribution in [0.4, 0.5) is 0 Å². The summed E-state index contributed by atoms with van der Waals surface area (Å²) >= 11 is 0. The van der Waals surface area contributed by atoms with E-state index in [1.54, 1.807) is 0 Å². The van der Waals surface area contributed by atoms with E-state index in [1.807, 2.05) is 0 Å². The first-order chi connectivity index (χ1) is 14.3. The first-order valence-corrected chi connectivity index (χ1v) is 14.1. The molecule has 2 aromatic rings. The van der Waals surface area contributed by atoms with Crippen molar-refractivity contribution < 1.29 is 38.9 Å². The fourth-order valence-electron chi connectivity index (χ4n) is 3.70. The van der Waals surface area contributed by atoms with E-state index in [-0.39, 0.29) is 22.8 Å². The molecule has 0 bridgehead atoms. The van der Waals surface area contributed by atoms with Crippen LogP contribution in [0, 0.1) is 0 Å². The van der Waals surface area contributed by atoms with E-state index in [0.717, 1.165) is 32.1 Å². The van der Waals surface area contributed by atoms with E-state index in [0.29, 0.717) is 12.8 Å². The summed E-state index contributed by atoms with van der Waals surface area (Å²) in [6.07, 6.45) is 6.25. The summed E-state index contributed by atoms with van der Waals surface area (Å²) in [6, 6.07) is 5.40. The molecule has 0 spiro atoms. The molecule has 0 amide bonds. The number of aryl methyl sites for hydroxylation is 1. The van der Waals surface area contributed by atoms with Crippen LogP contribution in [-0.2, 0) is 36.8 Å². The Kier molecular flexibility index (Phi) is 8.22. The normalized spacial score (nSPS) is 13.0. The van der Waals surface area contributed by atoms with Crippen LogP contribution in [0.25, 0.3) is 10.8 Å². The van der Waals surface area contributed by atoms with Gasteiger partial charge in [0.2, 0.25) is 0 Å². The highest BCUT2D eigenvalue weighted by molar-refractivity contribution is 7.90. The molecule has 0 saturated carbocycles. The van der Waals surface area contributed by atoms with Gasteiger partial charge in [0.25, 0.3) is 30.4 Å². The second-order valence-electron chi connectivity index (χ2n) is 7.31. The number of hydrogen-bond donors (Lipinski definition) is 3. The lowest BCUT2D eigenvalue weighted by molar-refractivity contribution is 0.455. The summed E-state index contributed by atoms with van der Waals surface area (Å²) in [6.45, 7) is 2.09. The lowest BCUT2D eigenvalue weighted by Crippen LogP contribution is -2.17. The average Bonchev–Trinajstić information content (AvgIpc) is 2.63. The third kappa shape index (κ3) is 6.24. The lowest BCUT2D eigenvalue weighted by atomic mass is 9.98. The fourth-order valence-corrected chi connectivity index (χ4v) is 7.38. The van der Waals surface area contributed by atoms with Crippen LogP contribution in [0.1, 0.15) is 57.4 Å². The van der Waals surface area contributed by atoms with Crippen LogP contribution in [0.3, 0.4) is 0 Å². The largest absolute Gasteiger partial charge is 0.297 e. The van der Waals surface area contributed by atoms with Crippen molar-refractivity contribution in [3.05, 3.63) is 29.8 Å². The molecule has 0 unspecified atom stereocenters. The summed E-state index contributed by atoms with van der Waals surface area (Å²) < 4.78 is 101. The van der Waals surface area contributed by atoms with Crippen molar-refractivity contribution in [1.29, 1.82) is 0 Å². The van der Waals surface area contributed by atoms with Gasteiger partial charge in [0.15, 0.2) is 0 Å². The maximum atomic E-state index is 12.2. The van der Waals surface area contributed by atoms with Gasteiger partial charge in [0.05, 0.1) is 0 Å². The number of rotatable bonds is 11. The second-order valence-corrected chi connectivity index (χ2v) is 11.4. The summed E-state index contributed by atoms with van der Waals surface area (Å²) in [4.78, 5) is -4.07. The minimum Gasteiger partial charge on any atom is -0.282 e. The van der Waals surface area contributed by atoms with Gasteiger partial charge in [-0.15, -0.1) is 0 Å². The van der Waals surface area contributed by atoms with Crippen LogP contribution in [-0.4, -0.2) is 38.9 Å². The monoisotopic (exact) mass is 494 g/mol. The number of unbranched alkanes of at least 4 members (excludes halogenated alkanes) is 6. The summed E-state index contributed by atoms with van der Waals surface area (Å²) in [7, 11) is -16.1. The molecule has 2 aromatic carbocycles. The SMILES string of the molecule is CCCCCCCCCc1c(S(=O)(=O)O)c(S(=O)(=O)O)c(S(=O)(=O)O)c2ccccc12. The van der Waals surface area contributed by atoms with Crippen LogP contribution in [0.2, 0.25) is 0 Å². The zero-order valence-corrected chi connectivity index (χ0v) is 19.4. The number of benzene rings is 2. The highest BCUT2D eigenvalue weighted by atomic mass is 32.2. The predicted octanol–water partition coefficient (Wildman–Crippen LogP) is 3.87. The average molecular weight is 495 g/mol. The van der Waals surface area contributed by atoms with Crippen LogP contribution >= 0.6 is 0 Å². The van der Waals surface area contributed by atoms with E-state index in [1.165, 1.54) is 24.3 Å². The van der Waals surface area contributed by atoms with Crippen LogP contribution in [0.15, 0.2) is 39.0 Å². The van der Waals surface area contributed by atoms with E-state index < -0.39 is 45.0 Å². The van der Waals surface area contributed by atoms with E-state index >= 15 is 0 Å².